The van der Waals surface area contributed by atoms with Crippen molar-refractivity contribution in [2.24, 2.45) is 0 Å². The molecule has 72 valence electrons. The van der Waals surface area contributed by atoms with Crippen molar-refractivity contribution in [1.82, 2.24) is 0 Å². The molecule has 0 saturated heterocycles. The molecule has 0 aromatic carbocycles. The first-order chi connectivity index (χ1) is 6.13. The lowest BCUT2D eigenvalue weighted by atomic mass is 10.4. The number of hydrogen-bond acceptors (Lipinski definition) is 4. The molecule has 13 heavy (non-hydrogen) atoms. The monoisotopic (exact) mass is 216 g/mol. The van der Waals surface area contributed by atoms with Crippen LogP contribution in [0.15, 0.2) is 16.3 Å². The van der Waals surface area contributed by atoms with Crippen LogP contribution in [-0.4, -0.2) is 18.3 Å². The first-order valence-electron chi connectivity index (χ1n) is 3.97. The number of carbonyl (C=O) groups excluding carboxylic acids is 1. The van der Waals surface area contributed by atoms with Crippen LogP contribution >= 0.6 is 23.1 Å². The van der Waals surface area contributed by atoms with Crippen LogP contribution in [0.25, 0.3) is 0 Å². The largest absolute Gasteiger partial charge is 0.459 e. The lowest BCUT2D eigenvalue weighted by Crippen LogP contribution is -2.09. The number of hydrogen-bond donors (Lipinski definition) is 0. The number of thiophene rings is 1. The fourth-order valence-electron chi connectivity index (χ4n) is 0.805. The summed E-state index contributed by atoms with van der Waals surface area (Å²) in [6.07, 6.45) is 1.94. The van der Waals surface area contributed by atoms with Gasteiger partial charge in [-0.2, -0.15) is 0 Å². The van der Waals surface area contributed by atoms with Crippen LogP contribution in [0.4, 0.5) is 0 Å². The Morgan fingerprint density at radius 2 is 2.31 bits per heavy atom. The molecule has 1 aromatic rings. The number of esters is 1. The maximum Gasteiger partial charge on any atom is 0.348 e. The van der Waals surface area contributed by atoms with Crippen molar-refractivity contribution in [1.29, 1.82) is 0 Å². The topological polar surface area (TPSA) is 26.3 Å². The Morgan fingerprint density at radius 3 is 2.77 bits per heavy atom. The summed E-state index contributed by atoms with van der Waals surface area (Å²) in [4.78, 5) is 13.2. The maximum atomic E-state index is 11.4. The van der Waals surface area contributed by atoms with Gasteiger partial charge in [0.1, 0.15) is 4.88 Å². The number of rotatable bonds is 3. The van der Waals surface area contributed by atoms with E-state index in [-0.39, 0.29) is 12.1 Å². The molecule has 0 saturated carbocycles. The van der Waals surface area contributed by atoms with Crippen LogP contribution in [0.2, 0.25) is 0 Å². The molecule has 0 aliphatic rings. The second kappa shape index (κ2) is 4.67. The minimum atomic E-state index is -0.222. The van der Waals surface area contributed by atoms with Gasteiger partial charge >= 0.3 is 5.97 Å². The number of thioether (sulfide) groups is 1. The third kappa shape index (κ3) is 3.04. The molecular formula is C9H12O2S2. The summed E-state index contributed by atoms with van der Waals surface area (Å²) in [7, 11) is 0. The van der Waals surface area contributed by atoms with E-state index < -0.39 is 0 Å². The Balaban J connectivity index is 2.66. The normalized spacial score (nSPS) is 10.5. The summed E-state index contributed by atoms with van der Waals surface area (Å²) in [6.45, 7) is 3.70. The number of ether oxygens (including phenoxy) is 1. The van der Waals surface area contributed by atoms with E-state index in [0.717, 1.165) is 4.90 Å². The van der Waals surface area contributed by atoms with Crippen LogP contribution in [-0.2, 0) is 4.74 Å². The van der Waals surface area contributed by atoms with Crippen LogP contribution in [0.3, 0.4) is 0 Å². The standard InChI is InChI=1S/C9H12O2S2/c1-6(2)11-9(10)8-4-7(12-3)5-13-8/h4-6H,1-3H3. The van der Waals surface area contributed by atoms with E-state index in [1.165, 1.54) is 11.3 Å². The lowest BCUT2D eigenvalue weighted by Gasteiger charge is -2.05. The molecule has 0 atom stereocenters. The molecule has 4 heteroatoms. The summed E-state index contributed by atoms with van der Waals surface area (Å²) >= 11 is 3.06. The Bertz CT molecular complexity index is 292. The SMILES string of the molecule is CSc1csc(C(=O)OC(C)C)c1. The summed E-state index contributed by atoms with van der Waals surface area (Å²) in [5.41, 5.74) is 0. The molecule has 0 amide bonds. The van der Waals surface area contributed by atoms with Gasteiger partial charge in [-0.05, 0) is 26.2 Å². The van der Waals surface area contributed by atoms with Crippen molar-refractivity contribution < 1.29 is 9.53 Å². The highest BCUT2D eigenvalue weighted by Crippen LogP contribution is 2.23. The number of carbonyl (C=O) groups is 1. The van der Waals surface area contributed by atoms with Crippen LogP contribution in [0.5, 0.6) is 0 Å². The van der Waals surface area contributed by atoms with Crippen LogP contribution in [0.1, 0.15) is 23.5 Å². The first-order valence-corrected chi connectivity index (χ1v) is 6.07. The van der Waals surface area contributed by atoms with Gasteiger partial charge in [-0.15, -0.1) is 23.1 Å². The molecule has 0 radical (unpaired) electrons. The van der Waals surface area contributed by atoms with Crippen molar-refractivity contribution in [2.75, 3.05) is 6.26 Å². The van der Waals surface area contributed by atoms with Crippen LogP contribution < -0.4 is 0 Å². The van der Waals surface area contributed by atoms with Gasteiger partial charge in [-0.25, -0.2) is 4.79 Å². The van der Waals surface area contributed by atoms with Crippen molar-refractivity contribution in [3.8, 4) is 0 Å². The Kier molecular flexibility index (Phi) is 3.81. The molecule has 1 heterocycles. The highest BCUT2D eigenvalue weighted by Gasteiger charge is 2.11. The molecule has 0 fully saturated rings. The van der Waals surface area contributed by atoms with Crippen molar-refractivity contribution >= 4 is 29.1 Å². The second-order valence-electron chi connectivity index (χ2n) is 2.80. The van der Waals surface area contributed by atoms with Crippen molar-refractivity contribution in [3.63, 3.8) is 0 Å². The van der Waals surface area contributed by atoms with Crippen molar-refractivity contribution in [2.45, 2.75) is 24.8 Å². The summed E-state index contributed by atoms with van der Waals surface area (Å²) in [5.74, 6) is -0.222. The Labute approximate surface area is 86.3 Å². The van der Waals surface area contributed by atoms with E-state index in [0.29, 0.717) is 4.88 Å². The summed E-state index contributed by atoms with van der Waals surface area (Å²) in [5, 5.41) is 1.96. The minimum Gasteiger partial charge on any atom is -0.459 e. The Hall–Kier alpha value is -0.480. The minimum absolute atomic E-state index is 0.0488. The fraction of sp³-hybridized carbons (Fsp3) is 0.444. The molecule has 0 aliphatic carbocycles. The van der Waals surface area contributed by atoms with Gasteiger partial charge < -0.3 is 4.74 Å². The molecule has 0 bridgehead atoms. The van der Waals surface area contributed by atoms with E-state index >= 15 is 0 Å². The van der Waals surface area contributed by atoms with Gasteiger partial charge in [0.05, 0.1) is 6.10 Å². The molecular weight excluding hydrogens is 204 g/mol. The van der Waals surface area contributed by atoms with Gasteiger partial charge in [-0.1, -0.05) is 0 Å². The molecule has 0 unspecified atom stereocenters. The second-order valence-corrected chi connectivity index (χ2v) is 4.60. The highest BCUT2D eigenvalue weighted by molar-refractivity contribution is 7.98. The molecule has 0 spiro atoms. The molecule has 2 nitrogen and oxygen atoms in total. The van der Waals surface area contributed by atoms with E-state index in [2.05, 4.69) is 0 Å². The van der Waals surface area contributed by atoms with Crippen molar-refractivity contribution in [3.05, 3.63) is 16.3 Å². The van der Waals surface area contributed by atoms with E-state index in [4.69, 9.17) is 4.74 Å². The fourth-order valence-corrected chi connectivity index (χ4v) is 2.30. The average Bonchev–Trinajstić information content (AvgIpc) is 2.50. The zero-order valence-electron chi connectivity index (χ0n) is 7.87. The third-order valence-electron chi connectivity index (χ3n) is 1.36. The zero-order valence-corrected chi connectivity index (χ0v) is 9.50. The highest BCUT2D eigenvalue weighted by atomic mass is 32.2. The van der Waals surface area contributed by atoms with Gasteiger partial charge in [0.2, 0.25) is 0 Å². The molecule has 1 rings (SSSR count). The summed E-state index contributed by atoms with van der Waals surface area (Å²) < 4.78 is 5.06. The predicted molar refractivity (Wildman–Crippen MR) is 56.7 cm³/mol. The Morgan fingerprint density at radius 1 is 1.62 bits per heavy atom. The zero-order chi connectivity index (χ0) is 9.84. The molecule has 1 aromatic heterocycles. The maximum absolute atomic E-state index is 11.4. The smallest absolute Gasteiger partial charge is 0.348 e. The van der Waals surface area contributed by atoms with E-state index in [1.54, 1.807) is 11.8 Å². The van der Waals surface area contributed by atoms with Gasteiger partial charge in [-0.3, -0.25) is 0 Å². The third-order valence-corrected chi connectivity index (χ3v) is 3.12. The first kappa shape index (κ1) is 10.6. The molecule has 0 aliphatic heterocycles. The molecule has 0 N–H and O–H groups in total. The average molecular weight is 216 g/mol. The van der Waals surface area contributed by atoms with Gasteiger partial charge in [0, 0.05) is 10.3 Å². The van der Waals surface area contributed by atoms with Gasteiger partial charge in [0.25, 0.3) is 0 Å². The van der Waals surface area contributed by atoms with Crippen LogP contribution in [0, 0.1) is 0 Å². The summed E-state index contributed by atoms with van der Waals surface area (Å²) in [6, 6.07) is 1.86. The quantitative estimate of drug-likeness (QED) is 0.574. The van der Waals surface area contributed by atoms with E-state index in [1.807, 2.05) is 31.5 Å². The van der Waals surface area contributed by atoms with Gasteiger partial charge in [0.15, 0.2) is 0 Å². The van der Waals surface area contributed by atoms with E-state index in [9.17, 15) is 4.79 Å². The predicted octanol–water partition coefficient (Wildman–Crippen LogP) is 3.04. The lowest BCUT2D eigenvalue weighted by molar-refractivity contribution is 0.0383.